The Balaban J connectivity index is 1.19. The molecule has 1 fully saturated rings. The maximum atomic E-state index is 12.9. The number of carbonyl (C=O) groups is 2. The van der Waals surface area contributed by atoms with Gasteiger partial charge in [0, 0.05) is 47.5 Å². The van der Waals surface area contributed by atoms with Gasteiger partial charge in [-0.2, -0.15) is 10.1 Å². The Hall–Kier alpha value is -3.94. The Kier molecular flexibility index (Phi) is 9.04. The largest absolute Gasteiger partial charge is 0.369 e. The van der Waals surface area contributed by atoms with Gasteiger partial charge in [-0.05, 0) is 75.9 Å². The van der Waals surface area contributed by atoms with Gasteiger partial charge in [-0.3, -0.25) is 24.0 Å². The molecule has 0 saturated carbocycles. The predicted molar refractivity (Wildman–Crippen MR) is 167 cm³/mol. The van der Waals surface area contributed by atoms with Gasteiger partial charge in [-0.15, -0.1) is 0 Å². The van der Waals surface area contributed by atoms with Crippen molar-refractivity contribution in [2.24, 2.45) is 5.92 Å². The molecule has 228 valence electrons. The topological polar surface area (TPSA) is 142 Å². The van der Waals surface area contributed by atoms with Crippen molar-refractivity contribution in [3.63, 3.8) is 0 Å². The first kappa shape index (κ1) is 30.5. The maximum absolute atomic E-state index is 12.9. The van der Waals surface area contributed by atoms with Crippen LogP contribution in [0.15, 0.2) is 58.7 Å². The zero-order valence-corrected chi connectivity index (χ0v) is 26.2. The number of fused-ring (bicyclic) bond motifs is 1. The first-order valence-corrected chi connectivity index (χ1v) is 15.2. The number of carbonyl (C=O) groups excluding carboxylic acids is 2. The monoisotopic (exact) mass is 605 g/mol. The highest BCUT2D eigenvalue weighted by atomic mass is 32.2. The number of ether oxygens (including phenoxy) is 1. The van der Waals surface area contributed by atoms with Crippen molar-refractivity contribution in [3.05, 3.63) is 54.4 Å². The van der Waals surface area contributed by atoms with Crippen LogP contribution in [0.4, 0.5) is 17.5 Å². The zero-order valence-electron chi connectivity index (χ0n) is 25.3. The molecule has 0 unspecified atom stereocenters. The normalized spacial score (nSPS) is 17.5. The minimum absolute atomic E-state index is 0.0177. The average molecular weight is 606 g/mol. The summed E-state index contributed by atoms with van der Waals surface area (Å²) < 4.78 is 8.10. The summed E-state index contributed by atoms with van der Waals surface area (Å²) in [5, 5.41) is 17.1. The highest BCUT2D eigenvalue weighted by Crippen LogP contribution is 2.28. The van der Waals surface area contributed by atoms with Crippen LogP contribution < -0.4 is 16.0 Å². The molecule has 4 heterocycles. The third-order valence-electron chi connectivity index (χ3n) is 6.73. The van der Waals surface area contributed by atoms with Crippen LogP contribution in [0, 0.1) is 12.8 Å². The fraction of sp³-hybridized carbons (Fsp3) is 0.433. The quantitative estimate of drug-likeness (QED) is 0.209. The summed E-state index contributed by atoms with van der Waals surface area (Å²) in [6, 6.07) is 13.1. The molecule has 13 heteroatoms. The third-order valence-corrected chi connectivity index (χ3v) is 7.60. The first-order valence-electron chi connectivity index (χ1n) is 14.3. The van der Waals surface area contributed by atoms with E-state index in [1.54, 1.807) is 0 Å². The van der Waals surface area contributed by atoms with Crippen molar-refractivity contribution >= 4 is 46.7 Å². The summed E-state index contributed by atoms with van der Waals surface area (Å²) in [6.07, 6.45) is 1.70. The van der Waals surface area contributed by atoms with E-state index < -0.39 is 0 Å². The van der Waals surface area contributed by atoms with E-state index in [1.807, 2.05) is 99.5 Å². The Morgan fingerprint density at radius 3 is 2.58 bits per heavy atom. The second-order valence-corrected chi connectivity index (χ2v) is 13.1. The van der Waals surface area contributed by atoms with Crippen molar-refractivity contribution in [1.82, 2.24) is 34.8 Å². The van der Waals surface area contributed by atoms with E-state index in [0.717, 1.165) is 16.2 Å². The summed E-state index contributed by atoms with van der Waals surface area (Å²) in [5.41, 5.74) is 2.04. The molecule has 1 aromatic carbocycles. The van der Waals surface area contributed by atoms with Crippen molar-refractivity contribution < 1.29 is 14.3 Å². The number of likely N-dealkylation sites (tertiary alicyclic amines) is 1. The number of hydrogen-bond donors (Lipinski definition) is 4. The minimum atomic E-state index is -0.362. The Labute approximate surface area is 255 Å². The smallest absolute Gasteiger partial charge is 0.238 e. The molecule has 1 aliphatic heterocycles. The predicted octanol–water partition coefficient (Wildman–Crippen LogP) is 4.23. The van der Waals surface area contributed by atoms with Crippen LogP contribution in [0.5, 0.6) is 0 Å². The molecule has 0 aliphatic carbocycles. The Morgan fingerprint density at radius 2 is 1.91 bits per heavy atom. The molecule has 0 bridgehead atoms. The van der Waals surface area contributed by atoms with Gasteiger partial charge in [0.2, 0.25) is 17.8 Å². The molecule has 43 heavy (non-hydrogen) atoms. The number of nitrogens with one attached hydrogen (secondary N) is 4. The molecule has 0 radical (unpaired) electrons. The van der Waals surface area contributed by atoms with Crippen LogP contribution in [0.25, 0.3) is 5.65 Å². The first-order chi connectivity index (χ1) is 20.4. The standard InChI is InChI=1S/C30H39N9O3S/c1-18(2)27(41)32-22-15-38(16-23(22)42-30(4,5)6)17-26(40)31-20-9-11-21(12-10-20)43-29-34-25-8-7-13-39(25)28(35-29)33-24-14-19(3)36-37-24/h7-14,18,22-23H,15-17H2,1-6H3,(H,31,40)(H,32,41)(H2,33,34,35,36,37)/t22-,23+/m0/s1. The number of aromatic amines is 1. The van der Waals surface area contributed by atoms with Gasteiger partial charge >= 0.3 is 0 Å². The van der Waals surface area contributed by atoms with E-state index in [0.29, 0.717) is 35.7 Å². The fourth-order valence-electron chi connectivity index (χ4n) is 4.80. The number of aromatic nitrogens is 5. The lowest BCUT2D eigenvalue weighted by Crippen LogP contribution is -2.47. The van der Waals surface area contributed by atoms with Crippen LogP contribution in [0.1, 0.15) is 40.3 Å². The summed E-state index contributed by atoms with van der Waals surface area (Å²) in [4.78, 5) is 37.6. The molecule has 4 N–H and O–H groups in total. The molecule has 3 aromatic heterocycles. The summed E-state index contributed by atoms with van der Waals surface area (Å²) in [7, 11) is 0. The molecule has 12 nitrogen and oxygen atoms in total. The minimum Gasteiger partial charge on any atom is -0.369 e. The van der Waals surface area contributed by atoms with E-state index >= 15 is 0 Å². The van der Waals surface area contributed by atoms with Crippen LogP contribution in [-0.4, -0.2) is 78.7 Å². The fourth-order valence-corrected chi connectivity index (χ4v) is 5.55. The number of rotatable bonds is 10. The lowest BCUT2D eigenvalue weighted by molar-refractivity contribution is -0.127. The number of nitrogens with zero attached hydrogens (tertiary/aromatic N) is 5. The van der Waals surface area contributed by atoms with Gasteiger partial charge in [-0.25, -0.2) is 4.98 Å². The number of amides is 2. The lowest BCUT2D eigenvalue weighted by Gasteiger charge is -2.29. The molecule has 2 amide bonds. The maximum Gasteiger partial charge on any atom is 0.238 e. The van der Waals surface area contributed by atoms with Gasteiger partial charge in [0.1, 0.15) is 5.65 Å². The van der Waals surface area contributed by atoms with E-state index in [-0.39, 0.29) is 42.0 Å². The SMILES string of the molecule is Cc1cc(Nc2nc(Sc3ccc(NC(=O)CN4C[C@H](NC(=O)C(C)C)[C@H](OC(C)(C)C)C4)cc3)nc3cccn23)n[nH]1. The van der Waals surface area contributed by atoms with Gasteiger partial charge in [0.25, 0.3) is 0 Å². The number of anilines is 3. The van der Waals surface area contributed by atoms with Crippen molar-refractivity contribution in [1.29, 1.82) is 0 Å². The molecular weight excluding hydrogens is 566 g/mol. The molecule has 2 atom stereocenters. The van der Waals surface area contributed by atoms with Crippen LogP contribution in [0.2, 0.25) is 0 Å². The second-order valence-electron chi connectivity index (χ2n) is 12.0. The highest BCUT2D eigenvalue weighted by molar-refractivity contribution is 7.99. The zero-order chi connectivity index (χ0) is 30.7. The van der Waals surface area contributed by atoms with E-state index in [9.17, 15) is 9.59 Å². The van der Waals surface area contributed by atoms with Crippen molar-refractivity contribution in [2.75, 3.05) is 30.3 Å². The molecular formula is C30H39N9O3S. The van der Waals surface area contributed by atoms with Gasteiger partial charge < -0.3 is 20.7 Å². The van der Waals surface area contributed by atoms with Crippen molar-refractivity contribution in [2.45, 2.75) is 69.3 Å². The second kappa shape index (κ2) is 12.7. The number of H-pyrrole nitrogens is 1. The highest BCUT2D eigenvalue weighted by Gasteiger charge is 2.37. The van der Waals surface area contributed by atoms with E-state index in [2.05, 4.69) is 31.1 Å². The molecule has 5 rings (SSSR count). The Morgan fingerprint density at radius 1 is 1.14 bits per heavy atom. The molecule has 1 saturated heterocycles. The van der Waals surface area contributed by atoms with E-state index in [4.69, 9.17) is 9.72 Å². The number of hydrogen-bond acceptors (Lipinski definition) is 9. The van der Waals surface area contributed by atoms with Crippen LogP contribution in [0.3, 0.4) is 0 Å². The lowest BCUT2D eigenvalue weighted by atomic mass is 10.1. The van der Waals surface area contributed by atoms with Crippen LogP contribution in [-0.2, 0) is 14.3 Å². The number of benzene rings is 1. The van der Waals surface area contributed by atoms with Crippen molar-refractivity contribution in [3.8, 4) is 0 Å². The van der Waals surface area contributed by atoms with E-state index in [1.165, 1.54) is 11.8 Å². The van der Waals surface area contributed by atoms with Crippen LogP contribution >= 0.6 is 11.8 Å². The molecule has 1 aliphatic rings. The summed E-state index contributed by atoms with van der Waals surface area (Å²) in [5.74, 6) is 1.01. The summed E-state index contributed by atoms with van der Waals surface area (Å²) >= 11 is 1.43. The summed E-state index contributed by atoms with van der Waals surface area (Å²) in [6.45, 7) is 13.0. The van der Waals surface area contributed by atoms with Gasteiger partial charge in [0.15, 0.2) is 11.0 Å². The number of aryl methyl sites for hydroxylation is 1. The molecule has 4 aromatic rings. The molecule has 0 spiro atoms. The third kappa shape index (κ3) is 8.12. The Bertz CT molecular complexity index is 1580. The van der Waals surface area contributed by atoms with Gasteiger partial charge in [-0.1, -0.05) is 13.8 Å². The average Bonchev–Trinajstić information content (AvgIpc) is 3.65. The van der Waals surface area contributed by atoms with Gasteiger partial charge in [0.05, 0.1) is 24.3 Å².